The first kappa shape index (κ1) is 27.4. The number of carbonyl (C=O) groups is 2. The van der Waals surface area contributed by atoms with Gasteiger partial charge in [-0.3, -0.25) is 4.79 Å². The Bertz CT molecular complexity index is 990. The first-order chi connectivity index (χ1) is 16.1. The van der Waals surface area contributed by atoms with E-state index < -0.39 is 22.2 Å². The van der Waals surface area contributed by atoms with Gasteiger partial charge in [-0.25, -0.2) is 17.9 Å². The van der Waals surface area contributed by atoms with Crippen LogP contribution in [0.2, 0.25) is 5.02 Å². The van der Waals surface area contributed by atoms with E-state index in [1.165, 1.54) is 12.0 Å². The highest BCUT2D eigenvalue weighted by Crippen LogP contribution is 2.24. The Hall–Kier alpha value is -1.15. The normalized spacial score (nSPS) is 21.6. The smallest absolute Gasteiger partial charge is 0.409 e. The van der Waals surface area contributed by atoms with E-state index in [1.54, 1.807) is 4.90 Å². The van der Waals surface area contributed by atoms with Gasteiger partial charge in [0.15, 0.2) is 0 Å². The Morgan fingerprint density at radius 3 is 2.44 bits per heavy atom. The molecule has 1 aromatic carbocycles. The highest BCUT2D eigenvalue weighted by Gasteiger charge is 2.40. The van der Waals surface area contributed by atoms with Crippen LogP contribution in [0.1, 0.15) is 24.0 Å². The van der Waals surface area contributed by atoms with Crippen LogP contribution in [-0.4, -0.2) is 99.8 Å². The number of alkyl halides is 1. The third kappa shape index (κ3) is 7.42. The minimum absolute atomic E-state index is 0.00430. The fourth-order valence-electron chi connectivity index (χ4n) is 4.52. The summed E-state index contributed by atoms with van der Waals surface area (Å²) in [7, 11) is -2.16. The Balaban J connectivity index is 1.83. The highest BCUT2D eigenvalue weighted by atomic mass is 127. The predicted octanol–water partition coefficient (Wildman–Crippen LogP) is 2.11. The number of amides is 2. The molecule has 3 rings (SSSR count). The number of nitrogens with one attached hydrogen (secondary N) is 1. The molecule has 9 nitrogen and oxygen atoms in total. The Kier molecular flexibility index (Phi) is 9.84. The zero-order valence-electron chi connectivity index (χ0n) is 19.5. The maximum Gasteiger partial charge on any atom is 0.409 e. The summed E-state index contributed by atoms with van der Waals surface area (Å²) < 4.78 is 31.7. The summed E-state index contributed by atoms with van der Waals surface area (Å²) in [4.78, 5) is 31.7. The molecular weight excluding hydrogens is 595 g/mol. The molecule has 0 aromatic heterocycles. The van der Waals surface area contributed by atoms with E-state index in [-0.39, 0.29) is 38.0 Å². The highest BCUT2D eigenvalue weighted by molar-refractivity contribution is 14.1. The second-order valence-corrected chi connectivity index (χ2v) is 11.8. The molecule has 12 heteroatoms. The molecule has 2 saturated heterocycles. The Morgan fingerprint density at radius 2 is 1.85 bits per heavy atom. The van der Waals surface area contributed by atoms with Crippen LogP contribution >= 0.6 is 34.2 Å². The first-order valence-corrected chi connectivity index (χ1v) is 15.0. The van der Waals surface area contributed by atoms with Crippen molar-refractivity contribution in [3.63, 3.8) is 0 Å². The van der Waals surface area contributed by atoms with E-state index in [1.807, 2.05) is 18.2 Å². The molecule has 2 aliphatic rings. The topological polar surface area (TPSA) is 99.3 Å². The maximum absolute atomic E-state index is 13.5. The summed E-state index contributed by atoms with van der Waals surface area (Å²) in [6.45, 7) is 3.07. The summed E-state index contributed by atoms with van der Waals surface area (Å²) >= 11 is 8.61. The number of likely N-dealkylation sites (tertiary alicyclic amines) is 1. The van der Waals surface area contributed by atoms with Gasteiger partial charge in [0.1, 0.15) is 0 Å². The van der Waals surface area contributed by atoms with Crippen LogP contribution in [-0.2, 0) is 30.4 Å². The van der Waals surface area contributed by atoms with Crippen molar-refractivity contribution in [3.8, 4) is 0 Å². The van der Waals surface area contributed by atoms with Crippen LogP contribution in [0, 0.1) is 0 Å². The zero-order chi connectivity index (χ0) is 24.9. The third-order valence-electron chi connectivity index (χ3n) is 6.29. The van der Waals surface area contributed by atoms with E-state index in [0.717, 1.165) is 47.7 Å². The minimum atomic E-state index is -3.46. The second-order valence-electron chi connectivity index (χ2n) is 8.84. The largest absolute Gasteiger partial charge is 0.453 e. The van der Waals surface area contributed by atoms with E-state index >= 15 is 0 Å². The van der Waals surface area contributed by atoms with E-state index in [4.69, 9.17) is 16.3 Å². The van der Waals surface area contributed by atoms with Crippen molar-refractivity contribution in [2.45, 2.75) is 35.8 Å². The predicted molar refractivity (Wildman–Crippen MR) is 140 cm³/mol. The molecule has 0 bridgehead atoms. The number of rotatable bonds is 8. The van der Waals surface area contributed by atoms with Gasteiger partial charge in [-0.2, -0.15) is 0 Å². The van der Waals surface area contributed by atoms with Crippen molar-refractivity contribution in [2.24, 2.45) is 0 Å². The quantitative estimate of drug-likeness (QED) is 0.351. The number of nitrogens with zero attached hydrogens (tertiary/aromatic N) is 3. The lowest BCUT2D eigenvalue weighted by molar-refractivity contribution is -0.137. The summed E-state index contributed by atoms with van der Waals surface area (Å²) in [5, 5.41) is 0.638. The fraction of sp³-hybridized carbons (Fsp3) is 0.636. The van der Waals surface area contributed by atoms with Gasteiger partial charge in [0.2, 0.25) is 15.9 Å². The molecule has 0 spiro atoms. The molecular formula is C22H32ClIN4O5S. The number of hydrogen-bond acceptors (Lipinski definition) is 6. The zero-order valence-corrected chi connectivity index (χ0v) is 23.2. The Labute approximate surface area is 220 Å². The van der Waals surface area contributed by atoms with Gasteiger partial charge in [0.05, 0.1) is 31.9 Å². The van der Waals surface area contributed by atoms with Crippen molar-refractivity contribution in [3.05, 3.63) is 34.3 Å². The number of sulfonamides is 1. The van der Waals surface area contributed by atoms with Gasteiger partial charge in [-0.05, 0) is 43.1 Å². The van der Waals surface area contributed by atoms with Gasteiger partial charge in [-0.15, -0.1) is 0 Å². The average molecular weight is 627 g/mol. The van der Waals surface area contributed by atoms with Crippen molar-refractivity contribution in [1.29, 1.82) is 0 Å². The molecule has 0 aliphatic carbocycles. The number of halogens is 2. The standard InChI is InChI=1S/C22H32ClIN4O5S/c1-33-22(30)28-15-19(13-26-7-3-4-8-26)27(14-18(28)12-25-34(2,31)32)21(29)10-16-5-6-17(11-24)20(23)9-16/h5-6,9,18-19,25H,3-4,7-8,10-15H2,1-2H3/t18-,19+/m0/s1. The monoisotopic (exact) mass is 626 g/mol. The summed E-state index contributed by atoms with van der Waals surface area (Å²) in [5.41, 5.74) is 1.84. The molecule has 1 aromatic rings. The number of piperazine rings is 1. The van der Waals surface area contributed by atoms with Crippen LogP contribution in [0.5, 0.6) is 0 Å². The fourth-order valence-corrected chi connectivity index (χ4v) is 6.18. The molecule has 1 N–H and O–H groups in total. The second kappa shape index (κ2) is 12.2. The molecule has 0 radical (unpaired) electrons. The molecule has 0 unspecified atom stereocenters. The van der Waals surface area contributed by atoms with Crippen LogP contribution in [0.4, 0.5) is 4.79 Å². The van der Waals surface area contributed by atoms with E-state index in [0.29, 0.717) is 11.6 Å². The average Bonchev–Trinajstić information content (AvgIpc) is 3.30. The number of carbonyl (C=O) groups excluding carboxylic acids is 2. The maximum atomic E-state index is 13.5. The molecule has 2 aliphatic heterocycles. The number of methoxy groups -OCH3 is 1. The van der Waals surface area contributed by atoms with Crippen molar-refractivity contribution in [2.75, 3.05) is 52.6 Å². The molecule has 34 heavy (non-hydrogen) atoms. The van der Waals surface area contributed by atoms with Gasteiger partial charge < -0.3 is 19.4 Å². The number of benzene rings is 1. The summed E-state index contributed by atoms with van der Waals surface area (Å²) in [6.07, 6.45) is 2.96. The van der Waals surface area contributed by atoms with Gasteiger partial charge >= 0.3 is 6.09 Å². The van der Waals surface area contributed by atoms with Crippen LogP contribution in [0.15, 0.2) is 18.2 Å². The SMILES string of the molecule is COC(=O)N1C[C@@H](CN2CCCC2)N(C(=O)Cc2ccc(CI)c(Cl)c2)C[C@@H]1CNS(C)(=O)=O. The van der Waals surface area contributed by atoms with Crippen LogP contribution < -0.4 is 4.72 Å². The van der Waals surface area contributed by atoms with E-state index in [9.17, 15) is 18.0 Å². The molecule has 2 amide bonds. The molecule has 2 fully saturated rings. The van der Waals surface area contributed by atoms with Gasteiger partial charge in [-0.1, -0.05) is 46.3 Å². The van der Waals surface area contributed by atoms with Crippen molar-refractivity contribution >= 4 is 56.2 Å². The summed E-state index contributed by atoms with van der Waals surface area (Å²) in [6, 6.07) is 4.93. The van der Waals surface area contributed by atoms with Crippen LogP contribution in [0.25, 0.3) is 0 Å². The van der Waals surface area contributed by atoms with Gasteiger partial charge in [0.25, 0.3) is 0 Å². The Morgan fingerprint density at radius 1 is 1.18 bits per heavy atom. The van der Waals surface area contributed by atoms with Gasteiger partial charge in [0, 0.05) is 35.6 Å². The van der Waals surface area contributed by atoms with Crippen molar-refractivity contribution < 1.29 is 22.7 Å². The first-order valence-electron chi connectivity index (χ1n) is 11.3. The molecule has 2 atom stereocenters. The molecule has 2 heterocycles. The number of ether oxygens (including phenoxy) is 1. The van der Waals surface area contributed by atoms with Crippen LogP contribution in [0.3, 0.4) is 0 Å². The lowest BCUT2D eigenvalue weighted by Crippen LogP contribution is -2.65. The third-order valence-corrected chi connectivity index (χ3v) is 8.16. The lowest BCUT2D eigenvalue weighted by atomic mass is 10.0. The summed E-state index contributed by atoms with van der Waals surface area (Å²) in [5.74, 6) is -0.0728. The number of hydrogen-bond donors (Lipinski definition) is 1. The van der Waals surface area contributed by atoms with Crippen molar-refractivity contribution in [1.82, 2.24) is 19.4 Å². The lowest BCUT2D eigenvalue weighted by Gasteiger charge is -2.46. The van der Waals surface area contributed by atoms with E-state index in [2.05, 4.69) is 32.2 Å². The molecule has 0 saturated carbocycles. The molecule has 190 valence electrons. The minimum Gasteiger partial charge on any atom is -0.453 e.